The van der Waals surface area contributed by atoms with Gasteiger partial charge in [0.2, 0.25) is 0 Å². The van der Waals surface area contributed by atoms with Crippen LogP contribution in [0.3, 0.4) is 0 Å². The van der Waals surface area contributed by atoms with E-state index in [1.54, 1.807) is 0 Å². The van der Waals surface area contributed by atoms with Crippen LogP contribution in [0, 0.1) is 11.3 Å². The minimum Gasteiger partial charge on any atom is -0.455 e. The lowest BCUT2D eigenvalue weighted by Crippen LogP contribution is -2.08. The normalized spacial score (nSPS) is 11.0. The number of hydrogen-bond donors (Lipinski definition) is 0. The van der Waals surface area contributed by atoms with Crippen LogP contribution >= 0.6 is 27.3 Å². The van der Waals surface area contributed by atoms with E-state index >= 15 is 0 Å². The Morgan fingerprint density at radius 2 is 2.03 bits per heavy atom. The van der Waals surface area contributed by atoms with Crippen molar-refractivity contribution in [2.45, 2.75) is 6.61 Å². The maximum atomic E-state index is 12.3. The molecule has 3 aromatic rings. The SMILES string of the molecule is CN(C)c1ccc(/C=C(\C#N)C(=O)OCc2csc(-c3cccc(Br)c3)n2)cc1. The molecule has 0 fully saturated rings. The first kappa shape index (κ1) is 20.8. The van der Waals surface area contributed by atoms with Gasteiger partial charge in [0.25, 0.3) is 0 Å². The lowest BCUT2D eigenvalue weighted by atomic mass is 10.1. The van der Waals surface area contributed by atoms with Crippen molar-refractivity contribution in [3.05, 3.63) is 75.2 Å². The molecule has 3 rings (SSSR count). The fraction of sp³-hybridized carbons (Fsp3) is 0.136. The average molecular weight is 468 g/mol. The lowest BCUT2D eigenvalue weighted by molar-refractivity contribution is -0.139. The first-order valence-corrected chi connectivity index (χ1v) is 10.4. The number of aromatic nitrogens is 1. The Labute approximate surface area is 182 Å². The number of hydrogen-bond acceptors (Lipinski definition) is 6. The number of ether oxygens (including phenoxy) is 1. The molecule has 0 spiro atoms. The molecule has 1 heterocycles. The molecule has 0 amide bonds. The van der Waals surface area contributed by atoms with E-state index in [1.807, 2.05) is 79.0 Å². The standard InChI is InChI=1S/C22H18BrN3O2S/c1-26(2)20-8-6-15(7-9-20)10-17(12-24)22(27)28-13-19-14-29-21(25-19)16-4-3-5-18(23)11-16/h3-11,14H,13H2,1-2H3/b17-10+. The highest BCUT2D eigenvalue weighted by molar-refractivity contribution is 9.10. The van der Waals surface area contributed by atoms with Crippen molar-refractivity contribution in [2.75, 3.05) is 19.0 Å². The fourth-order valence-electron chi connectivity index (χ4n) is 2.52. The van der Waals surface area contributed by atoms with E-state index in [2.05, 4.69) is 20.9 Å². The second kappa shape index (κ2) is 9.50. The van der Waals surface area contributed by atoms with Crippen molar-refractivity contribution in [3.8, 4) is 16.6 Å². The molecule has 0 radical (unpaired) electrons. The van der Waals surface area contributed by atoms with Gasteiger partial charge in [0.05, 0.1) is 5.69 Å². The molecule has 0 unspecified atom stereocenters. The van der Waals surface area contributed by atoms with Gasteiger partial charge in [-0.3, -0.25) is 0 Å². The smallest absolute Gasteiger partial charge is 0.349 e. The van der Waals surface area contributed by atoms with Crippen molar-refractivity contribution < 1.29 is 9.53 Å². The zero-order chi connectivity index (χ0) is 20.8. The fourth-order valence-corrected chi connectivity index (χ4v) is 3.72. The summed E-state index contributed by atoms with van der Waals surface area (Å²) in [6.45, 7) is 0.0158. The molecular formula is C22H18BrN3O2S. The summed E-state index contributed by atoms with van der Waals surface area (Å²) in [4.78, 5) is 18.8. The van der Waals surface area contributed by atoms with Crippen molar-refractivity contribution in [2.24, 2.45) is 0 Å². The van der Waals surface area contributed by atoms with Gasteiger partial charge in [-0.1, -0.05) is 40.2 Å². The van der Waals surface area contributed by atoms with Crippen LogP contribution in [0.4, 0.5) is 5.69 Å². The number of rotatable bonds is 6. The van der Waals surface area contributed by atoms with Crippen molar-refractivity contribution in [1.82, 2.24) is 4.98 Å². The highest BCUT2D eigenvalue weighted by atomic mass is 79.9. The van der Waals surface area contributed by atoms with E-state index in [0.29, 0.717) is 5.69 Å². The first-order valence-electron chi connectivity index (χ1n) is 8.73. The summed E-state index contributed by atoms with van der Waals surface area (Å²) < 4.78 is 6.26. The zero-order valence-corrected chi connectivity index (χ0v) is 18.3. The van der Waals surface area contributed by atoms with Gasteiger partial charge in [0.1, 0.15) is 23.3 Å². The van der Waals surface area contributed by atoms with Gasteiger partial charge in [-0.05, 0) is 35.9 Å². The van der Waals surface area contributed by atoms with Crippen LogP contribution in [0.1, 0.15) is 11.3 Å². The molecule has 0 aliphatic carbocycles. The minimum absolute atomic E-state index is 0.0158. The predicted molar refractivity (Wildman–Crippen MR) is 119 cm³/mol. The predicted octanol–water partition coefficient (Wildman–Crippen LogP) is 5.29. The third kappa shape index (κ3) is 5.53. The van der Waals surface area contributed by atoms with Crippen LogP contribution < -0.4 is 4.90 Å². The molecule has 0 bridgehead atoms. The van der Waals surface area contributed by atoms with Crippen LogP contribution in [0.25, 0.3) is 16.6 Å². The number of anilines is 1. The molecule has 0 N–H and O–H groups in total. The molecule has 0 aliphatic heterocycles. The van der Waals surface area contributed by atoms with Gasteiger partial charge in [-0.2, -0.15) is 5.26 Å². The Bertz CT molecular complexity index is 1080. The van der Waals surface area contributed by atoms with E-state index in [0.717, 1.165) is 26.3 Å². The molecule has 7 heteroatoms. The number of esters is 1. The van der Waals surface area contributed by atoms with Gasteiger partial charge < -0.3 is 9.64 Å². The first-order chi connectivity index (χ1) is 14.0. The molecule has 146 valence electrons. The van der Waals surface area contributed by atoms with E-state index in [1.165, 1.54) is 17.4 Å². The zero-order valence-electron chi connectivity index (χ0n) is 15.9. The molecule has 29 heavy (non-hydrogen) atoms. The van der Waals surface area contributed by atoms with Gasteiger partial charge >= 0.3 is 5.97 Å². The van der Waals surface area contributed by atoms with E-state index < -0.39 is 5.97 Å². The Morgan fingerprint density at radius 3 is 2.69 bits per heavy atom. The van der Waals surface area contributed by atoms with Crippen LogP contribution in [0.5, 0.6) is 0 Å². The third-order valence-electron chi connectivity index (χ3n) is 4.04. The molecule has 1 aromatic heterocycles. The monoisotopic (exact) mass is 467 g/mol. The van der Waals surface area contributed by atoms with E-state index in [4.69, 9.17) is 4.74 Å². The molecule has 0 saturated heterocycles. The summed E-state index contributed by atoms with van der Waals surface area (Å²) in [5.41, 5.74) is 3.37. The second-order valence-corrected chi connectivity index (χ2v) is 8.16. The number of carbonyl (C=O) groups excluding carboxylic acids is 1. The van der Waals surface area contributed by atoms with Gasteiger partial charge in [0.15, 0.2) is 0 Å². The molecule has 5 nitrogen and oxygen atoms in total. The molecule has 0 aliphatic rings. The maximum Gasteiger partial charge on any atom is 0.349 e. The topological polar surface area (TPSA) is 66.2 Å². The maximum absolute atomic E-state index is 12.3. The highest BCUT2D eigenvalue weighted by Crippen LogP contribution is 2.26. The second-order valence-electron chi connectivity index (χ2n) is 6.39. The summed E-state index contributed by atoms with van der Waals surface area (Å²) in [5, 5.41) is 12.0. The summed E-state index contributed by atoms with van der Waals surface area (Å²) >= 11 is 4.92. The van der Waals surface area contributed by atoms with Crippen LogP contribution in [0.15, 0.2) is 64.0 Å². The molecular weight excluding hydrogens is 450 g/mol. The average Bonchev–Trinajstić information content (AvgIpc) is 3.19. The van der Waals surface area contributed by atoms with Gasteiger partial charge in [-0.15, -0.1) is 11.3 Å². The summed E-state index contributed by atoms with van der Waals surface area (Å²) in [7, 11) is 3.90. The van der Waals surface area contributed by atoms with Crippen molar-refractivity contribution in [1.29, 1.82) is 5.26 Å². The largest absolute Gasteiger partial charge is 0.455 e. The quantitative estimate of drug-likeness (QED) is 0.280. The summed E-state index contributed by atoms with van der Waals surface area (Å²) in [6, 6.07) is 17.3. The Balaban J connectivity index is 1.65. The van der Waals surface area contributed by atoms with Gasteiger partial charge in [0, 0.05) is 35.2 Å². The number of halogens is 1. The summed E-state index contributed by atoms with van der Waals surface area (Å²) in [6.07, 6.45) is 1.52. The number of nitriles is 1. The number of benzene rings is 2. The van der Waals surface area contributed by atoms with Gasteiger partial charge in [-0.25, -0.2) is 9.78 Å². The molecule has 0 atom stereocenters. The molecule has 0 saturated carbocycles. The molecule has 2 aromatic carbocycles. The van der Waals surface area contributed by atoms with Crippen molar-refractivity contribution in [3.63, 3.8) is 0 Å². The Morgan fingerprint density at radius 1 is 1.28 bits per heavy atom. The Hall–Kier alpha value is -2.95. The van der Waals surface area contributed by atoms with Crippen LogP contribution in [-0.2, 0) is 16.1 Å². The third-order valence-corrected chi connectivity index (χ3v) is 5.47. The number of thiazole rings is 1. The van der Waals surface area contributed by atoms with E-state index in [-0.39, 0.29) is 12.2 Å². The number of carbonyl (C=O) groups is 1. The minimum atomic E-state index is -0.666. The van der Waals surface area contributed by atoms with E-state index in [9.17, 15) is 10.1 Å². The number of nitrogens with zero attached hydrogens (tertiary/aromatic N) is 3. The Kier molecular flexibility index (Phi) is 6.81. The highest BCUT2D eigenvalue weighted by Gasteiger charge is 2.13. The van der Waals surface area contributed by atoms with Crippen LogP contribution in [0.2, 0.25) is 0 Å². The van der Waals surface area contributed by atoms with Crippen molar-refractivity contribution >= 4 is 45.0 Å². The summed E-state index contributed by atoms with van der Waals surface area (Å²) in [5.74, 6) is -0.666. The van der Waals surface area contributed by atoms with Crippen LogP contribution in [-0.4, -0.2) is 25.0 Å². The lowest BCUT2D eigenvalue weighted by Gasteiger charge is -2.11.